The van der Waals surface area contributed by atoms with Gasteiger partial charge >= 0.3 is 0 Å². The van der Waals surface area contributed by atoms with Gasteiger partial charge < -0.3 is 5.32 Å². The van der Waals surface area contributed by atoms with Crippen LogP contribution in [0.15, 0.2) is 18.2 Å². The molecule has 0 atom stereocenters. The van der Waals surface area contributed by atoms with Gasteiger partial charge in [0.2, 0.25) is 5.95 Å². The van der Waals surface area contributed by atoms with E-state index < -0.39 is 4.92 Å². The number of aromatic nitrogens is 4. The van der Waals surface area contributed by atoms with Crippen molar-refractivity contribution in [1.29, 1.82) is 0 Å². The molecule has 0 aliphatic carbocycles. The Bertz CT molecular complexity index is 569. The molecule has 0 bridgehead atoms. The fourth-order valence-corrected chi connectivity index (χ4v) is 1.38. The number of tetrazole rings is 1. The molecule has 1 aromatic carbocycles. The Morgan fingerprint density at radius 3 is 2.88 bits per heavy atom. The van der Waals surface area contributed by atoms with Gasteiger partial charge in [-0.25, -0.2) is 4.68 Å². The van der Waals surface area contributed by atoms with E-state index in [0.717, 1.165) is 0 Å². The number of nitro benzene ring substituents is 1. The molecule has 0 aliphatic heterocycles. The normalized spacial score (nSPS) is 10.2. The van der Waals surface area contributed by atoms with Crippen LogP contribution >= 0.6 is 11.6 Å². The van der Waals surface area contributed by atoms with E-state index in [9.17, 15) is 10.1 Å². The highest BCUT2D eigenvalue weighted by molar-refractivity contribution is 6.30. The third-order valence-corrected chi connectivity index (χ3v) is 2.26. The Labute approximate surface area is 100 Å². The summed E-state index contributed by atoms with van der Waals surface area (Å²) in [5.41, 5.74) is 0.137. The average molecular weight is 255 g/mol. The lowest BCUT2D eigenvalue weighted by atomic mass is 10.2. The minimum absolute atomic E-state index is 0.138. The van der Waals surface area contributed by atoms with Crippen LogP contribution in [-0.4, -0.2) is 25.1 Å². The lowest BCUT2D eigenvalue weighted by Gasteiger charge is -2.04. The molecule has 0 spiro atoms. The van der Waals surface area contributed by atoms with Crippen molar-refractivity contribution in [3.8, 4) is 0 Å². The number of anilines is 2. The number of hydrogen-bond acceptors (Lipinski definition) is 6. The van der Waals surface area contributed by atoms with Crippen molar-refractivity contribution in [3.05, 3.63) is 33.3 Å². The summed E-state index contributed by atoms with van der Waals surface area (Å²) in [6, 6.07) is 4.30. The zero-order valence-electron chi connectivity index (χ0n) is 8.66. The second-order valence-electron chi connectivity index (χ2n) is 3.17. The topological polar surface area (TPSA) is 98.8 Å². The maximum Gasteiger partial charge on any atom is 0.294 e. The second-order valence-corrected chi connectivity index (χ2v) is 3.61. The Hall–Kier alpha value is -2.22. The molecule has 0 unspecified atom stereocenters. The standard InChI is InChI=1S/C8H7ClN6O2/c1-14-8(11-12-13-14)10-6-3-2-5(9)4-7(6)15(16)17/h2-4H,1H3,(H,10,11,13). The first-order valence-electron chi connectivity index (χ1n) is 4.51. The van der Waals surface area contributed by atoms with Gasteiger partial charge in [0, 0.05) is 18.1 Å². The molecule has 8 nitrogen and oxygen atoms in total. The van der Waals surface area contributed by atoms with Crippen LogP contribution < -0.4 is 5.32 Å². The molecule has 0 aliphatic rings. The molecule has 1 N–H and O–H groups in total. The number of hydrogen-bond donors (Lipinski definition) is 1. The maximum atomic E-state index is 10.8. The van der Waals surface area contributed by atoms with Crippen molar-refractivity contribution in [3.63, 3.8) is 0 Å². The molecule has 2 aromatic rings. The number of aryl methyl sites for hydroxylation is 1. The highest BCUT2D eigenvalue weighted by Crippen LogP contribution is 2.29. The fraction of sp³-hybridized carbons (Fsp3) is 0.125. The smallest absolute Gasteiger partial charge is 0.294 e. The predicted octanol–water partition coefficient (Wildman–Crippen LogP) is 1.52. The van der Waals surface area contributed by atoms with Gasteiger partial charge in [0.15, 0.2) is 0 Å². The van der Waals surface area contributed by atoms with Gasteiger partial charge in [-0.15, -0.1) is 0 Å². The van der Waals surface area contributed by atoms with E-state index in [-0.39, 0.29) is 11.4 Å². The molecule has 1 heterocycles. The average Bonchev–Trinajstić information content (AvgIpc) is 2.67. The van der Waals surface area contributed by atoms with Gasteiger partial charge in [0.25, 0.3) is 5.69 Å². The van der Waals surface area contributed by atoms with E-state index in [2.05, 4.69) is 20.8 Å². The van der Waals surface area contributed by atoms with Gasteiger partial charge in [0.1, 0.15) is 5.69 Å². The lowest BCUT2D eigenvalue weighted by molar-refractivity contribution is -0.383. The van der Waals surface area contributed by atoms with E-state index >= 15 is 0 Å². The SMILES string of the molecule is Cn1nnnc1Nc1ccc(Cl)cc1[N+](=O)[O-]. The zero-order valence-corrected chi connectivity index (χ0v) is 9.42. The van der Waals surface area contributed by atoms with Crippen LogP contribution in [0.2, 0.25) is 5.02 Å². The van der Waals surface area contributed by atoms with E-state index in [0.29, 0.717) is 11.0 Å². The van der Waals surface area contributed by atoms with Crippen LogP contribution in [0.25, 0.3) is 0 Å². The number of halogens is 1. The molecular weight excluding hydrogens is 248 g/mol. The third-order valence-electron chi connectivity index (χ3n) is 2.02. The molecule has 0 saturated carbocycles. The quantitative estimate of drug-likeness (QED) is 0.658. The monoisotopic (exact) mass is 254 g/mol. The molecule has 0 fully saturated rings. The Balaban J connectivity index is 2.39. The Morgan fingerprint density at radius 1 is 1.53 bits per heavy atom. The first kappa shape index (κ1) is 11.3. The third kappa shape index (κ3) is 2.31. The fourth-order valence-electron chi connectivity index (χ4n) is 1.22. The molecular formula is C8H7ClN6O2. The highest BCUT2D eigenvalue weighted by Gasteiger charge is 2.16. The first-order valence-corrected chi connectivity index (χ1v) is 4.89. The van der Waals surface area contributed by atoms with Crippen LogP contribution in [0.5, 0.6) is 0 Å². The van der Waals surface area contributed by atoms with Crippen molar-refractivity contribution in [2.75, 3.05) is 5.32 Å². The molecule has 9 heteroatoms. The number of nitrogens with zero attached hydrogens (tertiary/aromatic N) is 5. The number of nitro groups is 1. The Morgan fingerprint density at radius 2 is 2.29 bits per heavy atom. The molecule has 17 heavy (non-hydrogen) atoms. The van der Waals surface area contributed by atoms with Crippen molar-refractivity contribution >= 4 is 28.9 Å². The summed E-state index contributed by atoms with van der Waals surface area (Å²) < 4.78 is 1.36. The van der Waals surface area contributed by atoms with Crippen molar-refractivity contribution in [2.45, 2.75) is 0 Å². The molecule has 88 valence electrons. The van der Waals surface area contributed by atoms with Gasteiger partial charge in [-0.1, -0.05) is 16.7 Å². The van der Waals surface area contributed by atoms with Gasteiger partial charge in [0.05, 0.1) is 4.92 Å². The zero-order chi connectivity index (χ0) is 12.4. The van der Waals surface area contributed by atoms with Crippen LogP contribution in [0.3, 0.4) is 0 Å². The summed E-state index contributed by atoms with van der Waals surface area (Å²) in [4.78, 5) is 10.3. The molecule has 2 rings (SSSR count). The molecule has 0 amide bonds. The summed E-state index contributed by atoms with van der Waals surface area (Å²) in [5, 5.41) is 24.6. The van der Waals surface area contributed by atoms with E-state index in [1.54, 1.807) is 13.1 Å². The largest absolute Gasteiger partial charge is 0.317 e. The molecule has 0 saturated heterocycles. The van der Waals surface area contributed by atoms with E-state index in [1.165, 1.54) is 16.8 Å². The molecule has 1 aromatic heterocycles. The summed E-state index contributed by atoms with van der Waals surface area (Å²) in [6.45, 7) is 0. The van der Waals surface area contributed by atoms with Crippen molar-refractivity contribution < 1.29 is 4.92 Å². The van der Waals surface area contributed by atoms with Crippen LogP contribution in [0, 0.1) is 10.1 Å². The number of rotatable bonds is 3. The number of nitrogens with one attached hydrogen (secondary N) is 1. The molecule has 0 radical (unpaired) electrons. The van der Waals surface area contributed by atoms with Crippen LogP contribution in [0.4, 0.5) is 17.3 Å². The lowest BCUT2D eigenvalue weighted by Crippen LogP contribution is -2.02. The minimum atomic E-state index is -0.530. The van der Waals surface area contributed by atoms with Gasteiger partial charge in [-0.05, 0) is 22.6 Å². The predicted molar refractivity (Wildman–Crippen MR) is 60.2 cm³/mol. The van der Waals surface area contributed by atoms with E-state index in [1.807, 2.05) is 0 Å². The summed E-state index contributed by atoms with van der Waals surface area (Å²) in [6.07, 6.45) is 0. The second kappa shape index (κ2) is 4.34. The minimum Gasteiger partial charge on any atom is -0.317 e. The van der Waals surface area contributed by atoms with Crippen molar-refractivity contribution in [1.82, 2.24) is 20.2 Å². The Kier molecular flexibility index (Phi) is 2.88. The van der Waals surface area contributed by atoms with Gasteiger partial charge in [-0.2, -0.15) is 0 Å². The van der Waals surface area contributed by atoms with Crippen LogP contribution in [0.1, 0.15) is 0 Å². The summed E-state index contributed by atoms with van der Waals surface area (Å²) in [5.74, 6) is 0.301. The van der Waals surface area contributed by atoms with Crippen molar-refractivity contribution in [2.24, 2.45) is 7.05 Å². The van der Waals surface area contributed by atoms with Crippen LogP contribution in [-0.2, 0) is 7.05 Å². The van der Waals surface area contributed by atoms with E-state index in [4.69, 9.17) is 11.6 Å². The summed E-state index contributed by atoms with van der Waals surface area (Å²) >= 11 is 5.70. The highest BCUT2D eigenvalue weighted by atomic mass is 35.5. The first-order chi connectivity index (χ1) is 8.08. The van der Waals surface area contributed by atoms with Gasteiger partial charge in [-0.3, -0.25) is 10.1 Å². The number of benzene rings is 1. The maximum absolute atomic E-state index is 10.8. The summed E-state index contributed by atoms with van der Waals surface area (Å²) in [7, 11) is 1.62.